The second-order valence-electron chi connectivity index (χ2n) is 8.64. The Morgan fingerprint density at radius 1 is 1.15 bits per heavy atom. The molecule has 7 heteroatoms. The number of nitrogens with one attached hydrogen (secondary N) is 2. The van der Waals surface area contributed by atoms with Crippen molar-refractivity contribution in [2.45, 2.75) is 38.5 Å². The molecule has 33 heavy (non-hydrogen) atoms. The first kappa shape index (κ1) is 21.1. The Balaban J connectivity index is 1.16. The molecular formula is C26H28N6O. The number of hydrogen-bond donors (Lipinski definition) is 2. The van der Waals surface area contributed by atoms with Gasteiger partial charge in [0.2, 0.25) is 5.91 Å². The number of H-pyrrole nitrogens is 1. The molecule has 1 aromatic carbocycles. The molecule has 0 atom stereocenters. The van der Waals surface area contributed by atoms with Crippen LogP contribution in [0.2, 0.25) is 0 Å². The van der Waals surface area contributed by atoms with E-state index in [0.29, 0.717) is 18.2 Å². The predicted octanol–water partition coefficient (Wildman–Crippen LogP) is 4.74. The summed E-state index contributed by atoms with van der Waals surface area (Å²) in [5.41, 5.74) is 4.36. The minimum absolute atomic E-state index is 0.228. The van der Waals surface area contributed by atoms with Crippen LogP contribution in [0.15, 0.2) is 61.2 Å². The third kappa shape index (κ3) is 4.72. The second-order valence-corrected chi connectivity index (χ2v) is 8.64. The molecule has 3 aromatic heterocycles. The third-order valence-corrected chi connectivity index (χ3v) is 6.46. The van der Waals surface area contributed by atoms with Gasteiger partial charge in [0.1, 0.15) is 11.6 Å². The molecule has 0 unspecified atom stereocenters. The van der Waals surface area contributed by atoms with E-state index in [0.717, 1.165) is 54.9 Å². The number of para-hydroxylation sites is 1. The topological polar surface area (TPSA) is 86.8 Å². The molecule has 2 N–H and O–H groups in total. The molecule has 1 saturated heterocycles. The number of aryl methyl sites for hydroxylation is 2. The largest absolute Gasteiger partial charge is 0.361 e. The number of piperidine rings is 1. The summed E-state index contributed by atoms with van der Waals surface area (Å²) in [7, 11) is 0. The average molecular weight is 441 g/mol. The van der Waals surface area contributed by atoms with Crippen LogP contribution in [0.3, 0.4) is 0 Å². The van der Waals surface area contributed by atoms with Crippen LogP contribution in [0.5, 0.6) is 0 Å². The standard InChI is InChI=1S/C26H28N6O/c1-18-5-4-12-28-26(18)31-24-17-27-16-23(30-24)19-10-13-32(14-11-19)25(33)9-8-20-15-29-22-7-3-2-6-21(20)22/h2-7,12,15-17,19,29H,8-11,13-14H2,1H3,(H,28,30,31). The smallest absolute Gasteiger partial charge is 0.222 e. The highest BCUT2D eigenvalue weighted by Crippen LogP contribution is 2.28. The van der Waals surface area contributed by atoms with Crippen LogP contribution in [-0.4, -0.2) is 43.8 Å². The Morgan fingerprint density at radius 2 is 2.00 bits per heavy atom. The normalized spacial score (nSPS) is 14.5. The lowest BCUT2D eigenvalue weighted by Crippen LogP contribution is -2.38. The highest BCUT2D eigenvalue weighted by atomic mass is 16.2. The number of benzene rings is 1. The first-order chi connectivity index (χ1) is 16.2. The van der Waals surface area contributed by atoms with E-state index in [1.54, 1.807) is 12.4 Å². The number of anilines is 2. The van der Waals surface area contributed by atoms with Crippen LogP contribution in [0.1, 0.15) is 42.0 Å². The molecule has 1 aliphatic rings. The summed E-state index contributed by atoms with van der Waals surface area (Å²) >= 11 is 0. The van der Waals surface area contributed by atoms with E-state index in [9.17, 15) is 4.79 Å². The monoisotopic (exact) mass is 440 g/mol. The molecule has 1 amide bonds. The number of aromatic amines is 1. The van der Waals surface area contributed by atoms with Gasteiger partial charge in [-0.25, -0.2) is 9.97 Å². The van der Waals surface area contributed by atoms with E-state index in [2.05, 4.69) is 32.4 Å². The maximum Gasteiger partial charge on any atom is 0.222 e. The maximum atomic E-state index is 12.8. The van der Waals surface area contributed by atoms with Gasteiger partial charge in [0.25, 0.3) is 0 Å². The molecule has 4 aromatic rings. The van der Waals surface area contributed by atoms with E-state index in [1.807, 2.05) is 48.5 Å². The molecule has 1 aliphatic heterocycles. The molecule has 7 nitrogen and oxygen atoms in total. The number of nitrogens with zero attached hydrogens (tertiary/aromatic N) is 4. The van der Waals surface area contributed by atoms with Crippen molar-refractivity contribution in [2.75, 3.05) is 18.4 Å². The lowest BCUT2D eigenvalue weighted by atomic mass is 9.93. The van der Waals surface area contributed by atoms with Gasteiger partial charge in [-0.05, 0) is 49.4 Å². The lowest BCUT2D eigenvalue weighted by molar-refractivity contribution is -0.132. The number of amides is 1. The van der Waals surface area contributed by atoms with Gasteiger partial charge in [0.05, 0.1) is 11.9 Å². The van der Waals surface area contributed by atoms with Crippen molar-refractivity contribution in [3.8, 4) is 0 Å². The van der Waals surface area contributed by atoms with E-state index >= 15 is 0 Å². The Hall–Kier alpha value is -3.74. The first-order valence-electron chi connectivity index (χ1n) is 11.5. The Bertz CT molecular complexity index is 1260. The molecule has 0 spiro atoms. The highest BCUT2D eigenvalue weighted by molar-refractivity contribution is 5.84. The minimum Gasteiger partial charge on any atom is -0.361 e. The molecule has 168 valence electrons. The van der Waals surface area contributed by atoms with Crippen molar-refractivity contribution >= 4 is 28.4 Å². The van der Waals surface area contributed by atoms with Crippen LogP contribution in [0, 0.1) is 6.92 Å². The molecule has 5 rings (SSSR count). The van der Waals surface area contributed by atoms with Crippen molar-refractivity contribution in [1.29, 1.82) is 0 Å². The SMILES string of the molecule is Cc1cccnc1Nc1cncc(C2CCN(C(=O)CCc3c[nH]c4ccccc34)CC2)n1. The summed E-state index contributed by atoms with van der Waals surface area (Å²) < 4.78 is 0. The van der Waals surface area contributed by atoms with Gasteiger partial charge in [-0.2, -0.15) is 0 Å². The number of rotatable bonds is 6. The molecule has 1 fully saturated rings. The molecular weight excluding hydrogens is 412 g/mol. The number of carbonyl (C=O) groups is 1. The summed E-state index contributed by atoms with van der Waals surface area (Å²) in [4.78, 5) is 31.7. The van der Waals surface area contributed by atoms with E-state index in [4.69, 9.17) is 4.98 Å². The zero-order chi connectivity index (χ0) is 22.6. The fourth-order valence-electron chi connectivity index (χ4n) is 4.54. The van der Waals surface area contributed by atoms with Gasteiger partial charge in [-0.1, -0.05) is 24.3 Å². The van der Waals surface area contributed by atoms with Crippen LogP contribution in [0.25, 0.3) is 10.9 Å². The number of aromatic nitrogens is 4. The lowest BCUT2D eigenvalue weighted by Gasteiger charge is -2.31. The highest BCUT2D eigenvalue weighted by Gasteiger charge is 2.25. The summed E-state index contributed by atoms with van der Waals surface area (Å²) in [6.07, 6.45) is 10.5. The molecule has 4 heterocycles. The number of fused-ring (bicyclic) bond motifs is 1. The van der Waals surface area contributed by atoms with Gasteiger partial charge in [0, 0.05) is 54.9 Å². The summed E-state index contributed by atoms with van der Waals surface area (Å²) in [6.45, 7) is 3.53. The minimum atomic E-state index is 0.228. The zero-order valence-electron chi connectivity index (χ0n) is 18.8. The molecule has 0 aliphatic carbocycles. The van der Waals surface area contributed by atoms with E-state index < -0.39 is 0 Å². The van der Waals surface area contributed by atoms with E-state index in [1.165, 1.54) is 10.9 Å². The third-order valence-electron chi connectivity index (χ3n) is 6.46. The second kappa shape index (κ2) is 9.40. The predicted molar refractivity (Wildman–Crippen MR) is 129 cm³/mol. The first-order valence-corrected chi connectivity index (χ1v) is 11.5. The molecule has 0 bridgehead atoms. The Labute approximate surface area is 193 Å². The summed E-state index contributed by atoms with van der Waals surface area (Å²) in [5, 5.41) is 4.48. The van der Waals surface area contributed by atoms with Crippen molar-refractivity contribution in [3.63, 3.8) is 0 Å². The van der Waals surface area contributed by atoms with Gasteiger partial charge >= 0.3 is 0 Å². The number of likely N-dealkylation sites (tertiary alicyclic amines) is 1. The quantitative estimate of drug-likeness (QED) is 0.452. The number of carbonyl (C=O) groups excluding carboxylic acids is 1. The summed E-state index contributed by atoms with van der Waals surface area (Å²) in [6, 6.07) is 12.2. The van der Waals surface area contributed by atoms with Crippen LogP contribution < -0.4 is 5.32 Å². The van der Waals surface area contributed by atoms with Crippen molar-refractivity contribution < 1.29 is 4.79 Å². The number of hydrogen-bond acceptors (Lipinski definition) is 5. The van der Waals surface area contributed by atoms with Crippen molar-refractivity contribution in [2.24, 2.45) is 0 Å². The van der Waals surface area contributed by atoms with Crippen molar-refractivity contribution in [1.82, 2.24) is 24.8 Å². The van der Waals surface area contributed by atoms with Gasteiger partial charge in [-0.3, -0.25) is 9.78 Å². The maximum absolute atomic E-state index is 12.8. The fraction of sp³-hybridized carbons (Fsp3) is 0.308. The van der Waals surface area contributed by atoms with E-state index in [-0.39, 0.29) is 5.91 Å². The van der Waals surface area contributed by atoms with Gasteiger partial charge < -0.3 is 15.2 Å². The molecule has 0 radical (unpaired) electrons. The Kier molecular flexibility index (Phi) is 6.02. The zero-order valence-corrected chi connectivity index (χ0v) is 18.8. The summed E-state index contributed by atoms with van der Waals surface area (Å²) in [5.74, 6) is 2.03. The van der Waals surface area contributed by atoms with Crippen LogP contribution in [-0.2, 0) is 11.2 Å². The Morgan fingerprint density at radius 3 is 2.85 bits per heavy atom. The van der Waals surface area contributed by atoms with Crippen LogP contribution >= 0.6 is 0 Å². The van der Waals surface area contributed by atoms with Crippen molar-refractivity contribution in [3.05, 3.63) is 78.0 Å². The number of pyridine rings is 1. The van der Waals surface area contributed by atoms with Crippen LogP contribution in [0.4, 0.5) is 11.6 Å². The average Bonchev–Trinajstić information content (AvgIpc) is 3.27. The van der Waals surface area contributed by atoms with Gasteiger partial charge in [0.15, 0.2) is 0 Å². The fourth-order valence-corrected chi connectivity index (χ4v) is 4.54. The van der Waals surface area contributed by atoms with Gasteiger partial charge in [-0.15, -0.1) is 0 Å². The molecule has 0 saturated carbocycles.